The number of amides is 1. The molecule has 6 aliphatic rings. The molecule has 1 amide bonds. The molecule has 5 fully saturated rings. The summed E-state index contributed by atoms with van der Waals surface area (Å²) >= 11 is 0. The molecule has 208 valence electrons. The van der Waals surface area contributed by atoms with E-state index in [-0.39, 0.29) is 23.0 Å². The number of ether oxygens (including phenoxy) is 2. The van der Waals surface area contributed by atoms with E-state index in [1.54, 1.807) is 0 Å². The first-order chi connectivity index (χ1) is 18.6. The van der Waals surface area contributed by atoms with Gasteiger partial charge in [0.2, 0.25) is 0 Å². The molecule has 1 saturated heterocycles. The molecule has 2 aliphatic heterocycles. The molecule has 2 aromatic rings. The van der Waals surface area contributed by atoms with Crippen LogP contribution in [-0.4, -0.2) is 50.0 Å². The van der Waals surface area contributed by atoms with Crippen molar-refractivity contribution in [2.45, 2.75) is 81.2 Å². The van der Waals surface area contributed by atoms with Crippen LogP contribution in [0.3, 0.4) is 0 Å². The molecule has 2 heterocycles. The van der Waals surface area contributed by atoms with Gasteiger partial charge < -0.3 is 14.4 Å². The van der Waals surface area contributed by atoms with Crippen LogP contribution in [0.1, 0.15) is 68.9 Å². The fraction of sp³-hybridized carbons (Fsp3) is 0.594. The monoisotopic (exact) mass is 549 g/mol. The highest BCUT2D eigenvalue weighted by molar-refractivity contribution is 7.89. The minimum Gasteiger partial charge on any atom is -0.487 e. The Kier molecular flexibility index (Phi) is 6.03. The SMILES string of the molecule is CS(=O)(=O)Cc1ccc(-c2ccc3c(c2)CCC2(CCN(C(=O)OC45CC6CC(CC(C6)C4)C5)CC2)O3)cc1. The lowest BCUT2D eigenvalue weighted by Crippen LogP contribution is -2.56. The minimum atomic E-state index is -3.05. The Labute approximate surface area is 232 Å². The molecule has 0 unspecified atom stereocenters. The molecule has 7 heteroatoms. The van der Waals surface area contributed by atoms with Gasteiger partial charge in [0.15, 0.2) is 9.84 Å². The molecular formula is C32H39NO5S. The molecule has 4 aliphatic carbocycles. The van der Waals surface area contributed by atoms with Crippen molar-refractivity contribution in [2.24, 2.45) is 17.8 Å². The normalized spacial score (nSPS) is 30.6. The number of hydrogen-bond acceptors (Lipinski definition) is 5. The van der Waals surface area contributed by atoms with Crippen LogP contribution >= 0.6 is 0 Å². The highest BCUT2D eigenvalue weighted by atomic mass is 32.2. The summed E-state index contributed by atoms with van der Waals surface area (Å²) in [7, 11) is -3.05. The summed E-state index contributed by atoms with van der Waals surface area (Å²) in [6.07, 6.45) is 12.0. The quantitative estimate of drug-likeness (QED) is 0.457. The van der Waals surface area contributed by atoms with Gasteiger partial charge >= 0.3 is 6.09 Å². The highest BCUT2D eigenvalue weighted by Gasteiger charge is 2.54. The van der Waals surface area contributed by atoms with Gasteiger partial charge in [0.1, 0.15) is 17.0 Å². The van der Waals surface area contributed by atoms with Crippen molar-refractivity contribution in [1.82, 2.24) is 4.90 Å². The maximum atomic E-state index is 13.2. The van der Waals surface area contributed by atoms with E-state index in [0.717, 1.165) is 85.1 Å². The third kappa shape index (κ3) is 5.07. The fourth-order valence-electron chi connectivity index (χ4n) is 8.65. The number of nitrogens with zero attached hydrogens (tertiary/aromatic N) is 1. The average molecular weight is 550 g/mol. The first kappa shape index (κ1) is 25.4. The van der Waals surface area contributed by atoms with Gasteiger partial charge in [-0.05, 0) is 104 Å². The first-order valence-electron chi connectivity index (χ1n) is 14.7. The van der Waals surface area contributed by atoms with Crippen LogP contribution in [0.2, 0.25) is 0 Å². The van der Waals surface area contributed by atoms with Crippen molar-refractivity contribution in [3.05, 3.63) is 53.6 Å². The molecule has 2 aromatic carbocycles. The average Bonchev–Trinajstić information content (AvgIpc) is 2.87. The van der Waals surface area contributed by atoms with Crippen molar-refractivity contribution in [1.29, 1.82) is 0 Å². The van der Waals surface area contributed by atoms with Gasteiger partial charge in [0, 0.05) is 32.2 Å². The number of carbonyl (C=O) groups excluding carboxylic acids is 1. The molecule has 6 nitrogen and oxygen atoms in total. The van der Waals surface area contributed by atoms with Crippen molar-refractivity contribution >= 4 is 15.9 Å². The summed E-state index contributed by atoms with van der Waals surface area (Å²) in [6, 6.07) is 14.1. The van der Waals surface area contributed by atoms with Crippen LogP contribution < -0.4 is 4.74 Å². The lowest BCUT2D eigenvalue weighted by molar-refractivity contribution is -0.136. The second kappa shape index (κ2) is 9.25. The van der Waals surface area contributed by atoms with Gasteiger partial charge in [-0.2, -0.15) is 0 Å². The number of hydrogen-bond donors (Lipinski definition) is 0. The molecule has 0 radical (unpaired) electrons. The molecule has 39 heavy (non-hydrogen) atoms. The molecule has 4 saturated carbocycles. The molecule has 8 rings (SSSR count). The number of aryl methyl sites for hydroxylation is 1. The predicted molar refractivity (Wildman–Crippen MR) is 150 cm³/mol. The Morgan fingerprint density at radius 3 is 2.15 bits per heavy atom. The van der Waals surface area contributed by atoms with Crippen LogP contribution in [0.4, 0.5) is 4.79 Å². The van der Waals surface area contributed by atoms with Crippen LogP contribution in [0.15, 0.2) is 42.5 Å². The molecule has 4 bridgehead atoms. The Balaban J connectivity index is 0.974. The summed E-state index contributed by atoms with van der Waals surface area (Å²) in [4.78, 5) is 15.2. The second-order valence-corrected chi connectivity index (χ2v) is 15.5. The third-order valence-electron chi connectivity index (χ3n) is 10.2. The summed E-state index contributed by atoms with van der Waals surface area (Å²) in [6.45, 7) is 1.39. The zero-order chi connectivity index (χ0) is 26.8. The molecular weight excluding hydrogens is 510 g/mol. The number of fused-ring (bicyclic) bond motifs is 1. The summed E-state index contributed by atoms with van der Waals surface area (Å²) in [5, 5.41) is 0. The minimum absolute atomic E-state index is 0.0603. The van der Waals surface area contributed by atoms with Crippen LogP contribution in [0, 0.1) is 17.8 Å². The predicted octanol–water partition coefficient (Wildman–Crippen LogP) is 6.16. The van der Waals surface area contributed by atoms with Crippen molar-refractivity contribution in [3.63, 3.8) is 0 Å². The van der Waals surface area contributed by atoms with Crippen molar-refractivity contribution in [2.75, 3.05) is 19.3 Å². The molecule has 1 spiro atoms. The molecule has 0 atom stereocenters. The second-order valence-electron chi connectivity index (χ2n) is 13.3. The van der Waals surface area contributed by atoms with E-state index in [4.69, 9.17) is 9.47 Å². The maximum absolute atomic E-state index is 13.2. The molecule has 0 N–H and O–H groups in total. The van der Waals surface area contributed by atoms with E-state index < -0.39 is 9.84 Å². The van der Waals surface area contributed by atoms with Crippen molar-refractivity contribution in [3.8, 4) is 16.9 Å². The Morgan fingerprint density at radius 1 is 0.923 bits per heavy atom. The first-order valence-corrected chi connectivity index (χ1v) is 16.8. The third-order valence-corrected chi connectivity index (χ3v) is 11.0. The fourth-order valence-corrected chi connectivity index (χ4v) is 9.45. The Hall–Kier alpha value is -2.54. The van der Waals surface area contributed by atoms with E-state index in [1.165, 1.54) is 31.1 Å². The number of carbonyl (C=O) groups is 1. The lowest BCUT2D eigenvalue weighted by atomic mass is 9.54. The summed E-state index contributed by atoms with van der Waals surface area (Å²) in [5.74, 6) is 3.31. The Morgan fingerprint density at radius 2 is 1.54 bits per heavy atom. The van der Waals surface area contributed by atoms with Gasteiger partial charge in [-0.15, -0.1) is 0 Å². The number of benzene rings is 2. The number of piperidine rings is 1. The zero-order valence-corrected chi connectivity index (χ0v) is 23.7. The van der Waals surface area contributed by atoms with Crippen LogP contribution in [0.5, 0.6) is 5.75 Å². The standard InChI is InChI=1S/C32H39NO5S/c1-39(35,36)21-22-2-4-26(5-3-22)27-6-7-29-28(17-27)8-9-31(37-29)10-12-33(13-11-31)30(34)38-32-18-23-14-24(19-32)16-25(15-23)20-32/h2-7,17,23-25H,8-16,18-21H2,1H3. The molecule has 0 aromatic heterocycles. The zero-order valence-electron chi connectivity index (χ0n) is 22.9. The highest BCUT2D eigenvalue weighted by Crippen LogP contribution is 2.57. The van der Waals surface area contributed by atoms with Gasteiger partial charge in [-0.3, -0.25) is 0 Å². The van der Waals surface area contributed by atoms with E-state index in [9.17, 15) is 13.2 Å². The smallest absolute Gasteiger partial charge is 0.410 e. The van der Waals surface area contributed by atoms with E-state index >= 15 is 0 Å². The Bertz CT molecular complexity index is 1340. The van der Waals surface area contributed by atoms with Crippen LogP contribution in [0.25, 0.3) is 11.1 Å². The van der Waals surface area contributed by atoms with Crippen molar-refractivity contribution < 1.29 is 22.7 Å². The van der Waals surface area contributed by atoms with Gasteiger partial charge in [-0.1, -0.05) is 30.3 Å². The van der Waals surface area contributed by atoms with Gasteiger partial charge in [0.05, 0.1) is 5.75 Å². The number of sulfone groups is 1. The number of likely N-dealkylation sites (tertiary alicyclic amines) is 1. The maximum Gasteiger partial charge on any atom is 0.410 e. The lowest BCUT2D eigenvalue weighted by Gasteiger charge is -2.56. The van der Waals surface area contributed by atoms with E-state index in [2.05, 4.69) is 18.2 Å². The van der Waals surface area contributed by atoms with Gasteiger partial charge in [-0.25, -0.2) is 13.2 Å². The van der Waals surface area contributed by atoms with Crippen LogP contribution in [-0.2, 0) is 26.7 Å². The van der Waals surface area contributed by atoms with Gasteiger partial charge in [0.25, 0.3) is 0 Å². The van der Waals surface area contributed by atoms with E-state index in [0.29, 0.717) is 13.1 Å². The van der Waals surface area contributed by atoms with E-state index in [1.807, 2.05) is 29.2 Å². The number of rotatable bonds is 4. The topological polar surface area (TPSA) is 72.9 Å². The largest absolute Gasteiger partial charge is 0.487 e. The summed E-state index contributed by atoms with van der Waals surface area (Å²) in [5.41, 5.74) is 3.80. The summed E-state index contributed by atoms with van der Waals surface area (Å²) < 4.78 is 36.1.